The maximum Gasteiger partial charge on any atom is 0.215 e. The summed E-state index contributed by atoms with van der Waals surface area (Å²) in [6.07, 6.45) is 9.99. The van der Waals surface area contributed by atoms with Gasteiger partial charge in [0.25, 0.3) is 0 Å². The fraction of sp³-hybridized carbons (Fsp3) is 0.556. The average molecular weight is 525 g/mol. The van der Waals surface area contributed by atoms with Gasteiger partial charge in [0.2, 0.25) is 20.0 Å². The Morgan fingerprint density at radius 2 is 0.857 bits per heavy atom. The molecule has 0 bridgehead atoms. The van der Waals surface area contributed by atoms with Gasteiger partial charge < -0.3 is 0 Å². The fourth-order valence-corrected chi connectivity index (χ4v) is 5.80. The van der Waals surface area contributed by atoms with Crippen molar-refractivity contribution < 1.29 is 16.8 Å². The minimum atomic E-state index is -3.18. The van der Waals surface area contributed by atoms with Crippen LogP contribution in [-0.2, 0) is 31.6 Å². The van der Waals surface area contributed by atoms with Gasteiger partial charge in [0, 0.05) is 13.1 Å². The molecule has 0 amide bonds. The molecule has 2 aromatic rings. The van der Waals surface area contributed by atoms with E-state index in [1.807, 2.05) is 60.7 Å². The smallest absolute Gasteiger partial charge is 0.215 e. The first-order valence-corrected chi connectivity index (χ1v) is 16.1. The summed E-state index contributed by atoms with van der Waals surface area (Å²) in [6.45, 7) is 5.41. The molecule has 0 saturated carbocycles. The highest BCUT2D eigenvalue weighted by Crippen LogP contribution is 2.06. The molecule has 0 aliphatic rings. The number of hydrogen-bond acceptors (Lipinski definition) is 4. The van der Waals surface area contributed by atoms with Crippen molar-refractivity contribution in [2.75, 3.05) is 13.1 Å². The number of unbranched alkanes of at least 4 members (excludes halogenated alkanes) is 7. The summed E-state index contributed by atoms with van der Waals surface area (Å²) in [7, 11) is -6.35. The van der Waals surface area contributed by atoms with Crippen LogP contribution < -0.4 is 9.44 Å². The summed E-state index contributed by atoms with van der Waals surface area (Å²) >= 11 is 0. The van der Waals surface area contributed by atoms with Crippen molar-refractivity contribution in [3.63, 3.8) is 0 Å². The van der Waals surface area contributed by atoms with Gasteiger partial charge in [-0.15, -0.1) is 0 Å². The van der Waals surface area contributed by atoms with Gasteiger partial charge in [-0.2, -0.15) is 0 Å². The van der Waals surface area contributed by atoms with Crippen molar-refractivity contribution in [2.45, 2.75) is 83.1 Å². The summed E-state index contributed by atoms with van der Waals surface area (Å²) in [4.78, 5) is 0. The first-order valence-electron chi connectivity index (χ1n) is 12.8. The van der Waals surface area contributed by atoms with Crippen molar-refractivity contribution >= 4 is 20.0 Å². The van der Waals surface area contributed by atoms with Crippen LogP contribution in [0.5, 0.6) is 0 Å². The Balaban J connectivity index is 0.000000351. The molecule has 0 spiro atoms. The summed E-state index contributed by atoms with van der Waals surface area (Å²) in [6, 6.07) is 18.5. The van der Waals surface area contributed by atoms with E-state index in [1.54, 1.807) is 0 Å². The molecule has 0 saturated heterocycles. The monoisotopic (exact) mass is 524 g/mol. The molecule has 2 rings (SSSR count). The van der Waals surface area contributed by atoms with Crippen molar-refractivity contribution in [1.82, 2.24) is 9.44 Å². The molecule has 6 nitrogen and oxygen atoms in total. The van der Waals surface area contributed by atoms with E-state index in [4.69, 9.17) is 0 Å². The van der Waals surface area contributed by atoms with E-state index in [1.165, 1.54) is 25.7 Å². The quantitative estimate of drug-likeness (QED) is 0.257. The van der Waals surface area contributed by atoms with Gasteiger partial charge in [-0.1, -0.05) is 119 Å². The maximum atomic E-state index is 11.8. The third-order valence-corrected chi connectivity index (χ3v) is 8.07. The Hall–Kier alpha value is -1.74. The molecule has 0 atom stereocenters. The average Bonchev–Trinajstić information content (AvgIpc) is 2.82. The predicted molar refractivity (Wildman–Crippen MR) is 147 cm³/mol. The fourth-order valence-electron chi connectivity index (χ4n) is 3.43. The van der Waals surface area contributed by atoms with Gasteiger partial charge in [-0.25, -0.2) is 26.3 Å². The first-order chi connectivity index (χ1) is 16.8. The number of nitrogens with one attached hydrogen (secondary N) is 2. The zero-order chi connectivity index (χ0) is 25.8. The number of rotatable bonds is 17. The van der Waals surface area contributed by atoms with Crippen LogP contribution in [-0.4, -0.2) is 29.9 Å². The molecule has 198 valence electrons. The lowest BCUT2D eigenvalue weighted by molar-refractivity contribution is 0.569. The third-order valence-electron chi connectivity index (χ3n) is 5.35. The van der Waals surface area contributed by atoms with Gasteiger partial charge >= 0.3 is 0 Å². The lowest BCUT2D eigenvalue weighted by Gasteiger charge is -2.06. The van der Waals surface area contributed by atoms with E-state index in [2.05, 4.69) is 23.3 Å². The normalized spacial score (nSPS) is 11.6. The molecule has 2 N–H and O–H groups in total. The Labute approximate surface area is 214 Å². The molecular formula is C27H44N2O4S2. The van der Waals surface area contributed by atoms with Crippen molar-refractivity contribution in [1.29, 1.82) is 0 Å². The van der Waals surface area contributed by atoms with E-state index in [9.17, 15) is 16.8 Å². The molecule has 8 heteroatoms. The minimum Gasteiger partial charge on any atom is -0.215 e. The largest absolute Gasteiger partial charge is 0.215 e. The molecule has 35 heavy (non-hydrogen) atoms. The maximum absolute atomic E-state index is 11.8. The van der Waals surface area contributed by atoms with Crippen LogP contribution in [0.2, 0.25) is 0 Å². The zero-order valence-electron chi connectivity index (χ0n) is 21.4. The van der Waals surface area contributed by atoms with Gasteiger partial charge in [-0.3, -0.25) is 0 Å². The summed E-state index contributed by atoms with van der Waals surface area (Å²) in [5, 5.41) is 0. The van der Waals surface area contributed by atoms with Crippen molar-refractivity contribution in [3.05, 3.63) is 71.8 Å². The van der Waals surface area contributed by atoms with Crippen LogP contribution in [0.3, 0.4) is 0 Å². The summed E-state index contributed by atoms with van der Waals surface area (Å²) in [5.41, 5.74) is 1.66. The minimum absolute atomic E-state index is 0.0710. The Morgan fingerprint density at radius 3 is 1.23 bits per heavy atom. The van der Waals surface area contributed by atoms with E-state index in [-0.39, 0.29) is 11.5 Å². The molecule has 0 radical (unpaired) electrons. The highest BCUT2D eigenvalue weighted by Gasteiger charge is 2.10. The highest BCUT2D eigenvalue weighted by atomic mass is 32.2. The number of hydrogen-bond donors (Lipinski definition) is 2. The van der Waals surface area contributed by atoms with E-state index >= 15 is 0 Å². The van der Waals surface area contributed by atoms with E-state index < -0.39 is 20.0 Å². The lowest BCUT2D eigenvalue weighted by atomic mass is 10.2. The Morgan fingerprint density at radius 1 is 0.514 bits per heavy atom. The van der Waals surface area contributed by atoms with Crippen LogP contribution in [0.4, 0.5) is 0 Å². The summed E-state index contributed by atoms with van der Waals surface area (Å²) in [5.74, 6) is 0.143. The van der Waals surface area contributed by atoms with Crippen molar-refractivity contribution in [3.8, 4) is 0 Å². The summed E-state index contributed by atoms with van der Waals surface area (Å²) < 4.78 is 52.3. The Kier molecular flexibility index (Phi) is 16.6. The van der Waals surface area contributed by atoms with Gasteiger partial charge in [0.05, 0.1) is 11.5 Å². The number of sulfonamides is 2. The second-order valence-corrected chi connectivity index (χ2v) is 12.4. The standard InChI is InChI=1S/C14H23NO2S.C13H21NO2S/c1-2-3-4-5-9-12-15-18(16,17)13-14-10-7-6-8-11-14;1-2-3-4-8-11-14-17(15,16)12-13-9-6-5-7-10-13/h6-8,10-11,15H,2-5,9,12-13H2,1H3;5-7,9-10,14H,2-4,8,11-12H2,1H3. The first kappa shape index (κ1) is 31.3. The van der Waals surface area contributed by atoms with Crippen LogP contribution in [0.25, 0.3) is 0 Å². The van der Waals surface area contributed by atoms with Gasteiger partial charge in [0.1, 0.15) is 0 Å². The molecule has 0 heterocycles. The number of benzene rings is 2. The van der Waals surface area contributed by atoms with Crippen molar-refractivity contribution in [2.24, 2.45) is 0 Å². The molecule has 0 aromatic heterocycles. The highest BCUT2D eigenvalue weighted by molar-refractivity contribution is 7.88. The van der Waals surface area contributed by atoms with E-state index in [0.717, 1.165) is 43.2 Å². The second kappa shape index (κ2) is 18.5. The molecule has 0 aliphatic heterocycles. The van der Waals surface area contributed by atoms with Crippen LogP contribution in [0.15, 0.2) is 60.7 Å². The molecule has 0 unspecified atom stereocenters. The van der Waals surface area contributed by atoms with Crippen LogP contribution in [0, 0.1) is 0 Å². The molecule has 0 aliphatic carbocycles. The molecular weight excluding hydrogens is 480 g/mol. The van der Waals surface area contributed by atoms with Gasteiger partial charge in [-0.05, 0) is 24.0 Å². The lowest BCUT2D eigenvalue weighted by Crippen LogP contribution is -2.26. The van der Waals surface area contributed by atoms with Crippen LogP contribution >= 0.6 is 0 Å². The van der Waals surface area contributed by atoms with E-state index in [0.29, 0.717) is 13.1 Å². The molecule has 0 fully saturated rings. The second-order valence-electron chi connectivity index (χ2n) is 8.75. The topological polar surface area (TPSA) is 92.3 Å². The van der Waals surface area contributed by atoms with Gasteiger partial charge in [0.15, 0.2) is 0 Å². The predicted octanol–water partition coefficient (Wildman–Crippen LogP) is 5.76. The SMILES string of the molecule is CCCCCCCNS(=O)(=O)Cc1ccccc1.CCCCCCNS(=O)(=O)Cc1ccccc1. The third kappa shape index (κ3) is 17.4. The molecule has 2 aromatic carbocycles. The Bertz CT molecular complexity index is 980. The zero-order valence-corrected chi connectivity index (χ0v) is 23.0. The van der Waals surface area contributed by atoms with Crippen LogP contribution in [0.1, 0.15) is 82.8 Å².